The van der Waals surface area contributed by atoms with Gasteiger partial charge in [-0.2, -0.15) is 5.10 Å². The van der Waals surface area contributed by atoms with Gasteiger partial charge in [-0.1, -0.05) is 0 Å². The number of benzene rings is 1. The summed E-state index contributed by atoms with van der Waals surface area (Å²) in [4.78, 5) is 11.7. The van der Waals surface area contributed by atoms with E-state index in [1.54, 1.807) is 35.3 Å². The Morgan fingerprint density at radius 1 is 1.56 bits per heavy atom. The fourth-order valence-electron chi connectivity index (χ4n) is 1.60. The number of nitrogen functional groups attached to an aromatic ring is 1. The molecule has 0 radical (unpaired) electrons. The number of nitrogens with one attached hydrogen (secondary N) is 1. The minimum atomic E-state index is -0.127. The van der Waals surface area contributed by atoms with E-state index in [0.29, 0.717) is 17.8 Å². The van der Waals surface area contributed by atoms with Gasteiger partial charge in [0.25, 0.3) is 5.91 Å². The van der Waals surface area contributed by atoms with Crippen LogP contribution in [0.25, 0.3) is 5.69 Å². The molecule has 94 valence electrons. The van der Waals surface area contributed by atoms with E-state index in [1.807, 2.05) is 6.92 Å². The van der Waals surface area contributed by atoms with Gasteiger partial charge >= 0.3 is 0 Å². The monoisotopic (exact) mass is 308 g/mol. The van der Waals surface area contributed by atoms with Crippen LogP contribution in [0.4, 0.5) is 5.69 Å². The first-order chi connectivity index (χ1) is 8.61. The Bertz CT molecular complexity index is 579. The molecule has 18 heavy (non-hydrogen) atoms. The van der Waals surface area contributed by atoms with Crippen LogP contribution in [0.1, 0.15) is 17.3 Å². The lowest BCUT2D eigenvalue weighted by atomic mass is 10.1. The van der Waals surface area contributed by atoms with Crippen LogP contribution < -0.4 is 11.1 Å². The number of carbonyl (C=O) groups excluding carboxylic acids is 1. The van der Waals surface area contributed by atoms with Crippen molar-refractivity contribution in [2.45, 2.75) is 6.92 Å². The molecule has 1 heterocycles. The number of nitrogens with zero attached hydrogens (tertiary/aromatic N) is 2. The maximum Gasteiger partial charge on any atom is 0.251 e. The first-order valence-corrected chi connectivity index (χ1v) is 6.29. The van der Waals surface area contributed by atoms with Gasteiger partial charge in [0.05, 0.1) is 22.0 Å². The van der Waals surface area contributed by atoms with E-state index in [-0.39, 0.29) is 5.91 Å². The molecule has 0 aliphatic heterocycles. The van der Waals surface area contributed by atoms with Crippen molar-refractivity contribution < 1.29 is 4.79 Å². The highest BCUT2D eigenvalue weighted by molar-refractivity contribution is 9.10. The Hall–Kier alpha value is -1.82. The van der Waals surface area contributed by atoms with Crippen molar-refractivity contribution in [1.29, 1.82) is 0 Å². The number of hydrogen-bond donors (Lipinski definition) is 2. The van der Waals surface area contributed by atoms with Crippen molar-refractivity contribution in [3.05, 3.63) is 40.6 Å². The molecule has 0 aliphatic rings. The fourth-order valence-corrected chi connectivity index (χ4v) is 1.89. The van der Waals surface area contributed by atoms with Crippen LogP contribution in [0.5, 0.6) is 0 Å². The highest BCUT2D eigenvalue weighted by atomic mass is 79.9. The highest BCUT2D eigenvalue weighted by Gasteiger charge is 2.09. The summed E-state index contributed by atoms with van der Waals surface area (Å²) in [5, 5.41) is 6.87. The van der Waals surface area contributed by atoms with Gasteiger partial charge in [-0.3, -0.25) is 4.79 Å². The molecule has 0 fully saturated rings. The van der Waals surface area contributed by atoms with Gasteiger partial charge in [0.2, 0.25) is 0 Å². The standard InChI is InChI=1S/C12H13BrN4O/c1-2-15-12(18)8-3-4-11(10(14)5-8)17-7-9(13)6-16-17/h3-7H,2,14H2,1H3,(H,15,18). The average Bonchev–Trinajstić information content (AvgIpc) is 2.76. The van der Waals surface area contributed by atoms with E-state index in [1.165, 1.54) is 0 Å². The van der Waals surface area contributed by atoms with Crippen LogP contribution in [0, 0.1) is 0 Å². The molecule has 6 heteroatoms. The number of rotatable bonds is 3. The third-order valence-electron chi connectivity index (χ3n) is 2.42. The molecule has 2 aromatic rings. The molecule has 1 aromatic heterocycles. The second-order valence-corrected chi connectivity index (χ2v) is 4.65. The Kier molecular flexibility index (Phi) is 3.66. The van der Waals surface area contributed by atoms with Crippen molar-refractivity contribution in [3.63, 3.8) is 0 Å². The van der Waals surface area contributed by atoms with Crippen LogP contribution in [0.3, 0.4) is 0 Å². The summed E-state index contributed by atoms with van der Waals surface area (Å²) in [7, 11) is 0. The minimum Gasteiger partial charge on any atom is -0.397 e. The van der Waals surface area contributed by atoms with Crippen molar-refractivity contribution in [1.82, 2.24) is 15.1 Å². The van der Waals surface area contributed by atoms with Gasteiger partial charge in [0.1, 0.15) is 0 Å². The van der Waals surface area contributed by atoms with Crippen molar-refractivity contribution in [2.24, 2.45) is 0 Å². The van der Waals surface area contributed by atoms with Gasteiger partial charge in [0, 0.05) is 18.3 Å². The SMILES string of the molecule is CCNC(=O)c1ccc(-n2cc(Br)cn2)c(N)c1. The molecule has 1 amide bonds. The highest BCUT2D eigenvalue weighted by Crippen LogP contribution is 2.20. The molecule has 0 spiro atoms. The number of amides is 1. The Labute approximate surface area is 113 Å². The van der Waals surface area contributed by atoms with Crippen LogP contribution in [-0.2, 0) is 0 Å². The maximum atomic E-state index is 11.7. The quantitative estimate of drug-likeness (QED) is 0.851. The number of nitrogens with two attached hydrogens (primary N) is 1. The summed E-state index contributed by atoms with van der Waals surface area (Å²) in [6.45, 7) is 2.46. The molecule has 0 aliphatic carbocycles. The number of anilines is 1. The molecule has 3 N–H and O–H groups in total. The molecule has 0 unspecified atom stereocenters. The zero-order valence-corrected chi connectivity index (χ0v) is 11.4. The van der Waals surface area contributed by atoms with Gasteiger partial charge in [-0.05, 0) is 41.1 Å². The third-order valence-corrected chi connectivity index (χ3v) is 2.83. The Balaban J connectivity index is 2.33. The molecular weight excluding hydrogens is 296 g/mol. The smallest absolute Gasteiger partial charge is 0.251 e. The number of halogens is 1. The number of aromatic nitrogens is 2. The molecule has 5 nitrogen and oxygen atoms in total. The fraction of sp³-hybridized carbons (Fsp3) is 0.167. The van der Waals surface area contributed by atoms with Crippen LogP contribution in [-0.4, -0.2) is 22.2 Å². The summed E-state index contributed by atoms with van der Waals surface area (Å²) in [5.74, 6) is -0.127. The molecule has 1 aromatic carbocycles. The Morgan fingerprint density at radius 2 is 2.33 bits per heavy atom. The van der Waals surface area contributed by atoms with Crippen molar-refractivity contribution in [3.8, 4) is 5.69 Å². The Morgan fingerprint density at radius 3 is 2.89 bits per heavy atom. The van der Waals surface area contributed by atoms with E-state index < -0.39 is 0 Å². The normalized spacial score (nSPS) is 10.3. The second-order valence-electron chi connectivity index (χ2n) is 3.74. The van der Waals surface area contributed by atoms with Gasteiger partial charge in [0.15, 0.2) is 0 Å². The summed E-state index contributed by atoms with van der Waals surface area (Å²) >= 11 is 3.32. The summed E-state index contributed by atoms with van der Waals surface area (Å²) in [6.07, 6.45) is 3.48. The van der Waals surface area contributed by atoms with E-state index in [4.69, 9.17) is 5.73 Å². The van der Waals surface area contributed by atoms with E-state index in [9.17, 15) is 4.79 Å². The van der Waals surface area contributed by atoms with E-state index >= 15 is 0 Å². The maximum absolute atomic E-state index is 11.7. The van der Waals surface area contributed by atoms with Crippen LogP contribution in [0.2, 0.25) is 0 Å². The molecule has 0 saturated heterocycles. The van der Waals surface area contributed by atoms with Crippen LogP contribution in [0.15, 0.2) is 35.1 Å². The molecule has 0 atom stereocenters. The topological polar surface area (TPSA) is 72.9 Å². The minimum absolute atomic E-state index is 0.127. The molecular formula is C12H13BrN4O. The predicted octanol–water partition coefficient (Wildman–Crippen LogP) is 1.97. The lowest BCUT2D eigenvalue weighted by Gasteiger charge is -2.08. The largest absolute Gasteiger partial charge is 0.397 e. The first-order valence-electron chi connectivity index (χ1n) is 5.50. The third kappa shape index (κ3) is 2.53. The number of hydrogen-bond acceptors (Lipinski definition) is 3. The second kappa shape index (κ2) is 5.22. The average molecular weight is 309 g/mol. The van der Waals surface area contributed by atoms with Gasteiger partial charge in [-0.15, -0.1) is 0 Å². The summed E-state index contributed by atoms with van der Waals surface area (Å²) < 4.78 is 2.52. The lowest BCUT2D eigenvalue weighted by molar-refractivity contribution is 0.0956. The van der Waals surface area contributed by atoms with E-state index in [2.05, 4.69) is 26.3 Å². The summed E-state index contributed by atoms with van der Waals surface area (Å²) in [5.41, 5.74) is 7.74. The molecule has 2 rings (SSSR count). The molecule has 0 saturated carbocycles. The first kappa shape index (κ1) is 12.6. The zero-order chi connectivity index (χ0) is 13.1. The van der Waals surface area contributed by atoms with E-state index in [0.717, 1.165) is 10.2 Å². The van der Waals surface area contributed by atoms with Crippen molar-refractivity contribution in [2.75, 3.05) is 12.3 Å². The van der Waals surface area contributed by atoms with Gasteiger partial charge < -0.3 is 11.1 Å². The zero-order valence-electron chi connectivity index (χ0n) is 9.85. The van der Waals surface area contributed by atoms with Crippen LogP contribution >= 0.6 is 15.9 Å². The number of carbonyl (C=O) groups is 1. The van der Waals surface area contributed by atoms with Crippen molar-refractivity contribution >= 4 is 27.5 Å². The van der Waals surface area contributed by atoms with Gasteiger partial charge in [-0.25, -0.2) is 4.68 Å². The molecule has 0 bridgehead atoms. The summed E-state index contributed by atoms with van der Waals surface area (Å²) in [6, 6.07) is 5.15. The predicted molar refractivity (Wildman–Crippen MR) is 73.7 cm³/mol. The lowest BCUT2D eigenvalue weighted by Crippen LogP contribution is -2.22.